The van der Waals surface area contributed by atoms with Gasteiger partial charge in [-0.3, -0.25) is 4.68 Å². The molecule has 1 aromatic carbocycles. The molecule has 10 nitrogen and oxygen atoms in total. The molecule has 0 radical (unpaired) electrons. The van der Waals surface area contributed by atoms with E-state index in [1.807, 2.05) is 6.92 Å². The maximum Gasteiger partial charge on any atom is 0.408 e. The smallest absolute Gasteiger partial charge is 0.408 e. The number of rotatable bonds is 9. The van der Waals surface area contributed by atoms with Crippen molar-refractivity contribution >= 4 is 39.0 Å². The summed E-state index contributed by atoms with van der Waals surface area (Å²) in [6, 6.07) is 6.21. The number of nitrogens with one attached hydrogen (secondary N) is 3. The number of hydrogen-bond donors (Lipinski definition) is 3. The number of thiazole rings is 1. The van der Waals surface area contributed by atoms with Crippen LogP contribution in [0.15, 0.2) is 35.4 Å². The number of halogens is 3. The topological polar surface area (TPSA) is 127 Å². The summed E-state index contributed by atoms with van der Waals surface area (Å²) in [6.07, 6.45) is -0.637. The zero-order chi connectivity index (χ0) is 32.4. The van der Waals surface area contributed by atoms with Crippen LogP contribution in [0.4, 0.5) is 29.5 Å². The maximum atomic E-state index is 13.7. The number of benzene rings is 1. The number of anilines is 2. The Labute approximate surface area is 259 Å². The van der Waals surface area contributed by atoms with Crippen LogP contribution in [-0.2, 0) is 21.3 Å². The van der Waals surface area contributed by atoms with Crippen LogP contribution in [-0.4, -0.2) is 53.1 Å². The van der Waals surface area contributed by atoms with Crippen molar-refractivity contribution in [2.24, 2.45) is 0 Å². The van der Waals surface area contributed by atoms with Gasteiger partial charge in [0.15, 0.2) is 5.82 Å². The number of aryl methyl sites for hydroxylation is 1. The van der Waals surface area contributed by atoms with E-state index in [0.717, 1.165) is 40.2 Å². The lowest BCUT2D eigenvalue weighted by atomic mass is 9.86. The van der Waals surface area contributed by atoms with Crippen LogP contribution in [0.5, 0.6) is 0 Å². The van der Waals surface area contributed by atoms with Crippen molar-refractivity contribution in [2.45, 2.75) is 108 Å². The van der Waals surface area contributed by atoms with Gasteiger partial charge in [-0.1, -0.05) is 6.07 Å². The molecule has 2 heterocycles. The van der Waals surface area contributed by atoms with Gasteiger partial charge in [-0.25, -0.2) is 22.9 Å². The van der Waals surface area contributed by atoms with Crippen LogP contribution in [0.2, 0.25) is 0 Å². The number of carbonyl (C=O) groups is 1. The zero-order valence-electron chi connectivity index (χ0n) is 25.6. The molecule has 242 valence electrons. The molecule has 0 saturated heterocycles. The monoisotopic (exact) mass is 656 g/mol. The minimum atomic E-state index is -4.42. The van der Waals surface area contributed by atoms with E-state index in [9.17, 15) is 26.4 Å². The summed E-state index contributed by atoms with van der Waals surface area (Å²) < 4.78 is 74.3. The minimum Gasteiger partial charge on any atom is -0.447 e. The molecule has 0 aliphatic heterocycles. The summed E-state index contributed by atoms with van der Waals surface area (Å²) in [5.74, 6) is 0.320. The Hall–Kier alpha value is -3.17. The number of nitrogens with zero attached hydrogens (tertiary/aromatic N) is 3. The summed E-state index contributed by atoms with van der Waals surface area (Å²) in [5, 5.41) is 10.7. The summed E-state index contributed by atoms with van der Waals surface area (Å²) in [5.41, 5.74) is 0.759. The van der Waals surface area contributed by atoms with Gasteiger partial charge in [0.1, 0.15) is 6.54 Å². The molecular weight excluding hydrogens is 617 g/mol. The number of hydrogen-bond acceptors (Lipinski definition) is 8. The van der Waals surface area contributed by atoms with E-state index in [0.29, 0.717) is 16.9 Å². The van der Waals surface area contributed by atoms with Crippen molar-refractivity contribution in [3.8, 4) is 10.4 Å². The SMILES string of the molecule is Cc1nc(C2CCC(NC(=O)OC(C)C)CC2)sc1-c1ccc(Nc2ccn(CC(F)(F)F)n2)cc1S(=O)(=O)NC(C)(C)C. The Morgan fingerprint density at radius 2 is 1.82 bits per heavy atom. The molecule has 4 rings (SSSR count). The molecule has 1 amide bonds. The first kappa shape index (κ1) is 33.7. The highest BCUT2D eigenvalue weighted by molar-refractivity contribution is 7.89. The number of carbonyl (C=O) groups excluding carboxylic acids is 1. The molecule has 0 atom stereocenters. The third kappa shape index (κ3) is 9.17. The Morgan fingerprint density at radius 3 is 2.43 bits per heavy atom. The quantitative estimate of drug-likeness (QED) is 0.230. The first-order valence-corrected chi connectivity index (χ1v) is 16.7. The van der Waals surface area contributed by atoms with Gasteiger partial charge in [-0.15, -0.1) is 11.3 Å². The molecule has 1 fully saturated rings. The predicted octanol–water partition coefficient (Wildman–Crippen LogP) is 6.86. The number of alkyl halides is 3. The molecule has 44 heavy (non-hydrogen) atoms. The van der Waals surface area contributed by atoms with Gasteiger partial charge in [0.2, 0.25) is 10.0 Å². The van der Waals surface area contributed by atoms with Gasteiger partial charge < -0.3 is 15.4 Å². The molecule has 15 heteroatoms. The highest BCUT2D eigenvalue weighted by atomic mass is 32.2. The van der Waals surface area contributed by atoms with E-state index in [1.165, 1.54) is 29.7 Å². The van der Waals surface area contributed by atoms with Crippen LogP contribution in [0.3, 0.4) is 0 Å². The second-order valence-electron chi connectivity index (χ2n) is 12.3. The van der Waals surface area contributed by atoms with Crippen molar-refractivity contribution in [1.82, 2.24) is 24.8 Å². The molecule has 3 aromatic rings. The molecule has 0 spiro atoms. The Bertz CT molecular complexity index is 1570. The van der Waals surface area contributed by atoms with E-state index < -0.39 is 34.4 Å². The third-order valence-electron chi connectivity index (χ3n) is 6.76. The number of ether oxygens (including phenoxy) is 1. The van der Waals surface area contributed by atoms with Crippen molar-refractivity contribution in [1.29, 1.82) is 0 Å². The van der Waals surface area contributed by atoms with Gasteiger partial charge in [0.05, 0.1) is 26.6 Å². The number of alkyl carbamates (subject to hydrolysis) is 1. The Kier molecular flexibility index (Phi) is 10.0. The van der Waals surface area contributed by atoms with E-state index in [1.54, 1.807) is 46.8 Å². The van der Waals surface area contributed by atoms with Gasteiger partial charge in [0, 0.05) is 41.0 Å². The first-order valence-electron chi connectivity index (χ1n) is 14.4. The average molecular weight is 657 g/mol. The molecule has 1 aliphatic rings. The minimum absolute atomic E-state index is 0.0158. The Balaban J connectivity index is 1.59. The normalized spacial score (nSPS) is 18.0. The largest absolute Gasteiger partial charge is 0.447 e. The number of aromatic nitrogens is 3. The van der Waals surface area contributed by atoms with Crippen LogP contribution in [0.25, 0.3) is 10.4 Å². The van der Waals surface area contributed by atoms with E-state index in [2.05, 4.69) is 20.5 Å². The molecular formula is C29H39F3N6O4S2. The van der Waals surface area contributed by atoms with E-state index >= 15 is 0 Å². The van der Waals surface area contributed by atoms with Crippen molar-refractivity contribution in [3.63, 3.8) is 0 Å². The van der Waals surface area contributed by atoms with Crippen molar-refractivity contribution in [3.05, 3.63) is 41.2 Å². The lowest BCUT2D eigenvalue weighted by Gasteiger charge is -2.28. The molecule has 1 aliphatic carbocycles. The second-order valence-corrected chi connectivity index (χ2v) is 15.0. The summed E-state index contributed by atoms with van der Waals surface area (Å²) in [4.78, 5) is 17.6. The van der Waals surface area contributed by atoms with Gasteiger partial charge in [-0.2, -0.15) is 18.3 Å². The molecule has 3 N–H and O–H groups in total. The maximum absolute atomic E-state index is 13.7. The fraction of sp³-hybridized carbons (Fsp3) is 0.552. The fourth-order valence-corrected chi connectivity index (χ4v) is 8.06. The molecule has 1 saturated carbocycles. The average Bonchev–Trinajstić information content (AvgIpc) is 3.47. The van der Waals surface area contributed by atoms with E-state index in [-0.39, 0.29) is 28.8 Å². The summed E-state index contributed by atoms with van der Waals surface area (Å²) in [7, 11) is -4.03. The van der Waals surface area contributed by atoms with Gasteiger partial charge in [0.25, 0.3) is 0 Å². The number of amides is 1. The highest BCUT2D eigenvalue weighted by Gasteiger charge is 2.31. The lowest BCUT2D eigenvalue weighted by molar-refractivity contribution is -0.142. The third-order valence-corrected chi connectivity index (χ3v) is 9.92. The Morgan fingerprint density at radius 1 is 1.14 bits per heavy atom. The number of sulfonamides is 1. The van der Waals surface area contributed by atoms with Crippen molar-refractivity contribution < 1.29 is 31.1 Å². The standard InChI is InChI=1S/C29H39F3N6O4S2/c1-17(2)42-27(39)35-20-9-7-19(8-10-20)26-33-18(3)25(43-26)22-12-11-21(15-23(22)44(40,41)37-28(4,5)6)34-24-13-14-38(36-24)16-29(30,31)32/h11-15,17,19-20,37H,7-10,16H2,1-6H3,(H,34,36)(H,35,39). The molecule has 0 unspecified atom stereocenters. The molecule has 2 aromatic heterocycles. The van der Waals surface area contributed by atoms with Gasteiger partial charge in [-0.05, 0) is 79.4 Å². The van der Waals surface area contributed by atoms with Crippen LogP contribution in [0, 0.1) is 6.92 Å². The predicted molar refractivity (Wildman–Crippen MR) is 164 cm³/mol. The van der Waals surface area contributed by atoms with Crippen LogP contribution in [0.1, 0.15) is 76.9 Å². The first-order chi connectivity index (χ1) is 20.4. The van der Waals surface area contributed by atoms with E-state index in [4.69, 9.17) is 9.72 Å². The fourth-order valence-electron chi connectivity index (χ4n) is 5.06. The molecule has 0 bridgehead atoms. The summed E-state index contributed by atoms with van der Waals surface area (Å²) in [6.45, 7) is 9.43. The van der Waals surface area contributed by atoms with Crippen LogP contribution < -0.4 is 15.4 Å². The zero-order valence-corrected chi connectivity index (χ0v) is 27.2. The second kappa shape index (κ2) is 13.1. The lowest BCUT2D eigenvalue weighted by Crippen LogP contribution is -2.40. The van der Waals surface area contributed by atoms with Gasteiger partial charge >= 0.3 is 12.3 Å². The van der Waals surface area contributed by atoms with Crippen LogP contribution >= 0.6 is 11.3 Å². The summed E-state index contributed by atoms with van der Waals surface area (Å²) >= 11 is 1.45. The highest BCUT2D eigenvalue weighted by Crippen LogP contribution is 2.42. The van der Waals surface area contributed by atoms with Crippen molar-refractivity contribution in [2.75, 3.05) is 5.32 Å².